The molecular weight excluding hydrogens is 811 g/mol. The van der Waals surface area contributed by atoms with Crippen molar-refractivity contribution >= 4 is 28.9 Å². The molecule has 0 spiro atoms. The number of benzene rings is 4. The van der Waals surface area contributed by atoms with E-state index in [2.05, 4.69) is 45.4 Å². The van der Waals surface area contributed by atoms with Gasteiger partial charge in [-0.25, -0.2) is 0 Å². The zero-order chi connectivity index (χ0) is 44.0. The lowest BCUT2D eigenvalue weighted by molar-refractivity contribution is -0.275. The Balaban J connectivity index is 0.000000232. The fourth-order valence-electron chi connectivity index (χ4n) is 5.55. The van der Waals surface area contributed by atoms with Crippen molar-refractivity contribution in [2.24, 2.45) is 0 Å². The first-order valence-corrected chi connectivity index (χ1v) is 18.3. The van der Waals surface area contributed by atoms with E-state index in [4.69, 9.17) is 15.2 Å². The number of amides is 1. The average molecular weight is 851 g/mol. The van der Waals surface area contributed by atoms with E-state index in [9.17, 15) is 31.1 Å². The molecule has 0 aliphatic carbocycles. The molecule has 0 radical (unpaired) electrons. The molecule has 6 rings (SSSR count). The predicted molar refractivity (Wildman–Crippen MR) is 217 cm³/mol. The number of nitrogens with two attached hydrogens (primary N) is 1. The number of hydrogen-bond acceptors (Lipinski definition) is 12. The quantitative estimate of drug-likeness (QED) is 0.0573. The van der Waals surface area contributed by atoms with Crippen molar-refractivity contribution in [3.05, 3.63) is 120 Å². The lowest BCUT2D eigenvalue weighted by atomic mass is 10.1. The summed E-state index contributed by atoms with van der Waals surface area (Å²) >= 11 is 0. The van der Waals surface area contributed by atoms with Crippen LogP contribution in [-0.2, 0) is 17.6 Å². The highest BCUT2D eigenvalue weighted by Crippen LogP contribution is 2.28. The molecule has 0 saturated carbocycles. The van der Waals surface area contributed by atoms with Gasteiger partial charge in [0.1, 0.15) is 23.1 Å². The number of aromatic nitrogens is 4. The van der Waals surface area contributed by atoms with Gasteiger partial charge in [0, 0.05) is 54.6 Å². The smallest absolute Gasteiger partial charge is 0.467 e. The number of hydrogen-bond donors (Lipinski definition) is 4. The molecule has 2 aromatic heterocycles. The van der Waals surface area contributed by atoms with Gasteiger partial charge in [-0.1, -0.05) is 48.5 Å². The van der Waals surface area contributed by atoms with Crippen LogP contribution in [0.15, 0.2) is 109 Å². The molecule has 0 saturated heterocycles. The van der Waals surface area contributed by atoms with E-state index < -0.39 is 12.7 Å². The number of carbonyl (C=O) groups excluding carboxylic acids is 1. The molecular formula is C42H40F6N8O5. The summed E-state index contributed by atoms with van der Waals surface area (Å²) in [7, 11) is 2.94. The van der Waals surface area contributed by atoms with E-state index in [0.29, 0.717) is 60.3 Å². The highest BCUT2D eigenvalue weighted by atomic mass is 19.4. The minimum Gasteiger partial charge on any atom is -0.467 e. The second-order valence-corrected chi connectivity index (χ2v) is 12.9. The minimum absolute atomic E-state index is 0.170. The van der Waals surface area contributed by atoms with Crippen molar-refractivity contribution in [2.75, 3.05) is 49.0 Å². The molecule has 13 nitrogen and oxygen atoms in total. The Morgan fingerprint density at radius 1 is 0.607 bits per heavy atom. The lowest BCUT2D eigenvalue weighted by Crippen LogP contribution is -2.17. The van der Waals surface area contributed by atoms with E-state index >= 15 is 0 Å². The van der Waals surface area contributed by atoms with Crippen LogP contribution in [-0.4, -0.2) is 65.9 Å². The number of halogens is 6. The van der Waals surface area contributed by atoms with Crippen molar-refractivity contribution in [3.63, 3.8) is 0 Å². The van der Waals surface area contributed by atoms with Crippen molar-refractivity contribution < 1.29 is 50.1 Å². The zero-order valence-corrected chi connectivity index (χ0v) is 32.9. The van der Waals surface area contributed by atoms with E-state index in [-0.39, 0.29) is 29.4 Å². The Bertz CT molecular complexity index is 2370. The van der Waals surface area contributed by atoms with Crippen LogP contribution in [0.25, 0.3) is 22.5 Å². The fourth-order valence-corrected chi connectivity index (χ4v) is 5.55. The molecule has 6 aromatic rings. The van der Waals surface area contributed by atoms with Crippen LogP contribution in [0.4, 0.5) is 49.4 Å². The van der Waals surface area contributed by atoms with Gasteiger partial charge >= 0.3 is 24.7 Å². The predicted octanol–water partition coefficient (Wildman–Crippen LogP) is 8.95. The monoisotopic (exact) mass is 850 g/mol. The summed E-state index contributed by atoms with van der Waals surface area (Å²) in [6.07, 6.45) is -8.29. The Morgan fingerprint density at radius 3 is 1.46 bits per heavy atom. The van der Waals surface area contributed by atoms with Crippen LogP contribution in [0.5, 0.6) is 23.5 Å². The van der Waals surface area contributed by atoms with Gasteiger partial charge in [-0.15, -0.1) is 26.3 Å². The van der Waals surface area contributed by atoms with Crippen molar-refractivity contribution in [1.82, 2.24) is 19.9 Å². The molecule has 0 atom stereocenters. The third-order valence-corrected chi connectivity index (χ3v) is 8.19. The zero-order valence-electron chi connectivity index (χ0n) is 32.9. The first-order chi connectivity index (χ1) is 29.0. The van der Waals surface area contributed by atoms with Crippen LogP contribution in [0.2, 0.25) is 0 Å². The molecule has 320 valence electrons. The number of nitrogen functional groups attached to an aromatic ring is 1. The standard InChI is InChI=1S/C22H21F3N4O3.C20H19F3N4O2/c1-14(30)27-17-5-3-4-16(12-17)19-13-20(29-21(28-19)31-2)26-11-10-15-6-8-18(9-7-15)32-22(23,24)25;1-28-19-26-17(14-3-2-4-15(24)11-14)12-18(27-19)25-10-9-13-5-7-16(8-6-13)29-20(21,22)23/h3-9,12-13H,10-11H2,1-2H3,(H,27,30)(H,26,28,29);2-8,11-12H,9-10,24H2,1H3,(H,25,26,27). The highest BCUT2D eigenvalue weighted by molar-refractivity contribution is 5.89. The molecule has 5 N–H and O–H groups in total. The van der Waals surface area contributed by atoms with Gasteiger partial charge in [-0.05, 0) is 72.5 Å². The molecule has 0 bridgehead atoms. The number of alkyl halides is 6. The van der Waals surface area contributed by atoms with Crippen LogP contribution < -0.4 is 40.6 Å². The number of rotatable bonds is 15. The van der Waals surface area contributed by atoms with Crippen LogP contribution >= 0.6 is 0 Å². The number of methoxy groups -OCH3 is 2. The molecule has 0 fully saturated rings. The largest absolute Gasteiger partial charge is 0.573 e. The molecule has 0 aliphatic rings. The van der Waals surface area contributed by atoms with Gasteiger partial charge in [0.15, 0.2) is 0 Å². The van der Waals surface area contributed by atoms with E-state index in [0.717, 1.165) is 22.3 Å². The summed E-state index contributed by atoms with van der Waals surface area (Å²) in [5.74, 6) is 0.394. The van der Waals surface area contributed by atoms with Crippen LogP contribution in [0, 0.1) is 0 Å². The molecule has 0 aliphatic heterocycles. The Labute approximate surface area is 346 Å². The van der Waals surface area contributed by atoms with E-state index in [1.165, 1.54) is 45.4 Å². The van der Waals surface area contributed by atoms with Gasteiger partial charge in [-0.3, -0.25) is 4.79 Å². The number of carbonyl (C=O) groups is 1. The second-order valence-electron chi connectivity index (χ2n) is 12.9. The lowest BCUT2D eigenvalue weighted by Gasteiger charge is -2.11. The van der Waals surface area contributed by atoms with Crippen molar-refractivity contribution in [3.8, 4) is 46.0 Å². The average Bonchev–Trinajstić information content (AvgIpc) is 3.21. The SMILES string of the molecule is COc1nc(NCCc2ccc(OC(F)(F)F)cc2)cc(-c2cccc(N)c2)n1.COc1nc(NCCc2ccc(OC(F)(F)F)cc2)cc(-c2cccc(NC(C)=O)c2)n1. The number of nitrogens with zero attached hydrogens (tertiary/aromatic N) is 4. The van der Waals surface area contributed by atoms with Gasteiger partial charge < -0.3 is 40.6 Å². The Hall–Kier alpha value is -7.31. The summed E-state index contributed by atoms with van der Waals surface area (Å²) in [6, 6.07) is 29.8. The molecule has 4 aromatic carbocycles. The topological polar surface area (TPSA) is 168 Å². The minimum atomic E-state index is -4.71. The first-order valence-electron chi connectivity index (χ1n) is 18.3. The first kappa shape index (κ1) is 44.8. The normalized spacial score (nSPS) is 11.1. The number of anilines is 4. The Morgan fingerprint density at radius 2 is 1.05 bits per heavy atom. The van der Waals surface area contributed by atoms with Gasteiger partial charge in [-0.2, -0.15) is 19.9 Å². The fraction of sp³-hybridized carbons (Fsp3) is 0.214. The third kappa shape index (κ3) is 15.1. The maximum Gasteiger partial charge on any atom is 0.573 e. The molecule has 1 amide bonds. The molecule has 0 unspecified atom stereocenters. The highest BCUT2D eigenvalue weighted by Gasteiger charge is 2.31. The third-order valence-electron chi connectivity index (χ3n) is 8.19. The second kappa shape index (κ2) is 20.6. The van der Waals surface area contributed by atoms with Crippen molar-refractivity contribution in [2.45, 2.75) is 32.5 Å². The summed E-state index contributed by atoms with van der Waals surface area (Å²) in [6.45, 7) is 2.42. The van der Waals surface area contributed by atoms with E-state index in [1.807, 2.05) is 18.2 Å². The number of ether oxygens (including phenoxy) is 4. The van der Waals surface area contributed by atoms with Crippen LogP contribution in [0.3, 0.4) is 0 Å². The van der Waals surface area contributed by atoms with Gasteiger partial charge in [0.05, 0.1) is 25.6 Å². The molecule has 61 heavy (non-hydrogen) atoms. The van der Waals surface area contributed by atoms with Gasteiger partial charge in [0.25, 0.3) is 0 Å². The summed E-state index contributed by atoms with van der Waals surface area (Å²) in [4.78, 5) is 28.5. The Kier molecular flexibility index (Phi) is 15.1. The summed E-state index contributed by atoms with van der Waals surface area (Å²) in [5.41, 5.74) is 11.6. The maximum absolute atomic E-state index is 12.3. The maximum atomic E-state index is 12.3. The van der Waals surface area contributed by atoms with Crippen molar-refractivity contribution in [1.29, 1.82) is 0 Å². The van der Waals surface area contributed by atoms with Crippen LogP contribution in [0.1, 0.15) is 18.1 Å². The molecule has 2 heterocycles. The summed E-state index contributed by atoms with van der Waals surface area (Å²) < 4.78 is 91.5. The summed E-state index contributed by atoms with van der Waals surface area (Å²) in [5, 5.41) is 9.06. The van der Waals surface area contributed by atoms with E-state index in [1.54, 1.807) is 66.7 Å². The van der Waals surface area contributed by atoms with Gasteiger partial charge in [0.2, 0.25) is 5.91 Å². The molecule has 19 heteroatoms. The number of nitrogens with one attached hydrogen (secondary N) is 3.